The van der Waals surface area contributed by atoms with E-state index >= 15 is 0 Å². The first-order valence-corrected chi connectivity index (χ1v) is 9.07. The number of carbonyl (C=O) groups excluding carboxylic acids is 1. The van der Waals surface area contributed by atoms with Gasteiger partial charge in [0.05, 0.1) is 12.5 Å². The van der Waals surface area contributed by atoms with Crippen LogP contribution in [-0.2, 0) is 17.8 Å². The van der Waals surface area contributed by atoms with Crippen LogP contribution in [0.3, 0.4) is 0 Å². The number of amides is 1. The van der Waals surface area contributed by atoms with Gasteiger partial charge in [-0.2, -0.15) is 0 Å². The Balaban J connectivity index is 2.18. The summed E-state index contributed by atoms with van der Waals surface area (Å²) in [6.45, 7) is 7.71. The zero-order valence-corrected chi connectivity index (χ0v) is 14.9. The van der Waals surface area contributed by atoms with Gasteiger partial charge in [-0.05, 0) is 44.2 Å². The topological polar surface area (TPSA) is 25.2 Å². The maximum atomic E-state index is 13.1. The molecule has 2 atom stereocenters. The second kappa shape index (κ2) is 6.96. The van der Waals surface area contributed by atoms with Crippen molar-refractivity contribution in [3.8, 4) is 0 Å². The quantitative estimate of drug-likeness (QED) is 0.808. The van der Waals surface area contributed by atoms with Gasteiger partial charge in [0.1, 0.15) is 6.67 Å². The molecule has 0 bridgehead atoms. The van der Waals surface area contributed by atoms with E-state index in [0.29, 0.717) is 12.5 Å². The maximum Gasteiger partial charge on any atom is 0.230 e. The van der Waals surface area contributed by atoms with Gasteiger partial charge in [-0.15, -0.1) is 0 Å². The summed E-state index contributed by atoms with van der Waals surface area (Å²) >= 11 is 0. The van der Waals surface area contributed by atoms with Crippen LogP contribution in [-0.4, -0.2) is 35.1 Å². The van der Waals surface area contributed by atoms with Crippen LogP contribution in [0.5, 0.6) is 0 Å². The number of aromatic nitrogens is 1. The number of rotatable bonds is 5. The number of fused-ring (bicyclic) bond motifs is 3. The molecular weight excluding hydrogens is 303 g/mol. The molecular formula is C20H27FN2O. The SMILES string of the molecule is CCN(CC)C(=O)C1CC(C)Cc2c1c1ccccc1n2CCF. The zero-order valence-electron chi connectivity index (χ0n) is 14.9. The molecule has 0 fully saturated rings. The predicted octanol–water partition coefficient (Wildman–Crippen LogP) is 4.15. The number of hydrogen-bond acceptors (Lipinski definition) is 1. The van der Waals surface area contributed by atoms with E-state index in [2.05, 4.69) is 17.6 Å². The Morgan fingerprint density at radius 3 is 2.67 bits per heavy atom. The van der Waals surface area contributed by atoms with Crippen molar-refractivity contribution in [2.75, 3.05) is 19.8 Å². The number of hydrogen-bond donors (Lipinski definition) is 0. The Kier molecular flexibility index (Phi) is 4.93. The van der Waals surface area contributed by atoms with Crippen molar-refractivity contribution in [1.82, 2.24) is 9.47 Å². The second-order valence-electron chi connectivity index (χ2n) is 6.83. The van der Waals surface area contributed by atoms with Crippen LogP contribution in [0, 0.1) is 5.92 Å². The fourth-order valence-electron chi connectivity index (χ4n) is 4.25. The molecule has 1 aromatic heterocycles. The first kappa shape index (κ1) is 17.0. The van der Waals surface area contributed by atoms with Gasteiger partial charge in [-0.25, -0.2) is 4.39 Å². The highest BCUT2D eigenvalue weighted by Gasteiger charge is 2.36. The highest BCUT2D eigenvalue weighted by Crippen LogP contribution is 2.42. The van der Waals surface area contributed by atoms with Crippen LogP contribution in [0.15, 0.2) is 24.3 Å². The van der Waals surface area contributed by atoms with E-state index < -0.39 is 0 Å². The lowest BCUT2D eigenvalue weighted by atomic mass is 9.79. The molecule has 24 heavy (non-hydrogen) atoms. The van der Waals surface area contributed by atoms with Crippen molar-refractivity contribution < 1.29 is 9.18 Å². The van der Waals surface area contributed by atoms with Gasteiger partial charge in [-0.1, -0.05) is 25.1 Å². The lowest BCUT2D eigenvalue weighted by molar-refractivity contribution is -0.133. The molecule has 0 N–H and O–H groups in total. The Hall–Kier alpha value is -1.84. The van der Waals surface area contributed by atoms with Crippen molar-refractivity contribution >= 4 is 16.8 Å². The number of halogens is 1. The molecule has 0 aliphatic heterocycles. The molecule has 0 spiro atoms. The van der Waals surface area contributed by atoms with E-state index in [1.54, 1.807) is 0 Å². The average Bonchev–Trinajstić information content (AvgIpc) is 2.89. The van der Waals surface area contributed by atoms with E-state index in [0.717, 1.165) is 48.1 Å². The second-order valence-corrected chi connectivity index (χ2v) is 6.83. The molecule has 1 aliphatic rings. The van der Waals surface area contributed by atoms with E-state index in [1.807, 2.05) is 36.9 Å². The fraction of sp³-hybridized carbons (Fsp3) is 0.550. The van der Waals surface area contributed by atoms with Crippen molar-refractivity contribution in [1.29, 1.82) is 0 Å². The summed E-state index contributed by atoms with van der Waals surface area (Å²) in [5, 5.41) is 1.12. The largest absolute Gasteiger partial charge is 0.343 e. The maximum absolute atomic E-state index is 13.1. The first-order chi connectivity index (χ1) is 11.6. The van der Waals surface area contributed by atoms with Gasteiger partial charge in [0, 0.05) is 29.7 Å². The zero-order chi connectivity index (χ0) is 17.3. The smallest absolute Gasteiger partial charge is 0.230 e. The summed E-state index contributed by atoms with van der Waals surface area (Å²) in [5.41, 5.74) is 3.37. The minimum absolute atomic E-state index is 0.102. The molecule has 2 aromatic rings. The van der Waals surface area contributed by atoms with Crippen LogP contribution in [0.1, 0.15) is 44.4 Å². The lowest BCUT2D eigenvalue weighted by Crippen LogP contribution is -2.37. The van der Waals surface area contributed by atoms with Crippen molar-refractivity contribution in [3.63, 3.8) is 0 Å². The normalized spacial score (nSPS) is 20.2. The van der Waals surface area contributed by atoms with Gasteiger partial charge in [0.2, 0.25) is 5.91 Å². The molecule has 1 aliphatic carbocycles. The van der Waals surface area contributed by atoms with E-state index in [9.17, 15) is 9.18 Å². The van der Waals surface area contributed by atoms with Crippen molar-refractivity contribution in [3.05, 3.63) is 35.5 Å². The molecule has 130 valence electrons. The number of likely N-dealkylation sites (N-methyl/N-ethyl adjacent to an activating group) is 1. The Morgan fingerprint density at radius 1 is 1.29 bits per heavy atom. The third-order valence-electron chi connectivity index (χ3n) is 5.33. The van der Waals surface area contributed by atoms with Gasteiger partial charge < -0.3 is 9.47 Å². The predicted molar refractivity (Wildman–Crippen MR) is 96.1 cm³/mol. The van der Waals surface area contributed by atoms with E-state index in [-0.39, 0.29) is 18.5 Å². The first-order valence-electron chi connectivity index (χ1n) is 9.07. The molecule has 3 nitrogen and oxygen atoms in total. The van der Waals surface area contributed by atoms with E-state index in [4.69, 9.17) is 0 Å². The fourth-order valence-corrected chi connectivity index (χ4v) is 4.25. The number of aryl methyl sites for hydroxylation is 1. The highest BCUT2D eigenvalue weighted by molar-refractivity contribution is 5.94. The molecule has 2 unspecified atom stereocenters. The summed E-state index contributed by atoms with van der Waals surface area (Å²) in [7, 11) is 0. The van der Waals surface area contributed by atoms with Crippen LogP contribution in [0.4, 0.5) is 4.39 Å². The van der Waals surface area contributed by atoms with Crippen LogP contribution in [0.2, 0.25) is 0 Å². The summed E-state index contributed by atoms with van der Waals surface area (Å²) < 4.78 is 15.2. The monoisotopic (exact) mass is 330 g/mol. The van der Waals surface area contributed by atoms with Crippen LogP contribution >= 0.6 is 0 Å². The van der Waals surface area contributed by atoms with Gasteiger partial charge in [-0.3, -0.25) is 4.79 Å². The third-order valence-corrected chi connectivity index (χ3v) is 5.33. The molecule has 0 radical (unpaired) electrons. The summed E-state index contributed by atoms with van der Waals surface area (Å²) in [6.07, 6.45) is 1.80. The average molecular weight is 330 g/mol. The van der Waals surface area contributed by atoms with Crippen molar-refractivity contribution in [2.45, 2.75) is 46.1 Å². The van der Waals surface area contributed by atoms with Gasteiger partial charge >= 0.3 is 0 Å². The minimum Gasteiger partial charge on any atom is -0.343 e. The number of benzene rings is 1. The molecule has 1 amide bonds. The molecule has 1 heterocycles. The highest BCUT2D eigenvalue weighted by atomic mass is 19.1. The summed E-state index contributed by atoms with van der Waals surface area (Å²) in [6, 6.07) is 8.14. The Labute approximate surface area is 143 Å². The lowest BCUT2D eigenvalue weighted by Gasteiger charge is -2.32. The molecule has 0 saturated carbocycles. The van der Waals surface area contributed by atoms with Gasteiger partial charge in [0.25, 0.3) is 0 Å². The number of nitrogens with zero attached hydrogens (tertiary/aromatic N) is 2. The Bertz CT molecular complexity index is 733. The minimum atomic E-state index is -0.381. The molecule has 0 saturated heterocycles. The Morgan fingerprint density at radius 2 is 2.00 bits per heavy atom. The third kappa shape index (κ3) is 2.72. The van der Waals surface area contributed by atoms with Crippen LogP contribution in [0.25, 0.3) is 10.9 Å². The van der Waals surface area contributed by atoms with Crippen molar-refractivity contribution in [2.24, 2.45) is 5.92 Å². The molecule has 1 aromatic carbocycles. The number of alkyl halides is 1. The molecule has 3 rings (SSSR count). The number of carbonyl (C=O) groups is 1. The summed E-state index contributed by atoms with van der Waals surface area (Å²) in [5.74, 6) is 0.551. The van der Waals surface area contributed by atoms with E-state index in [1.165, 1.54) is 0 Å². The summed E-state index contributed by atoms with van der Waals surface area (Å²) in [4.78, 5) is 15.0. The standard InChI is InChI=1S/C20H27FN2O/c1-4-22(5-2)20(24)16-12-14(3)13-18-19(16)15-8-6-7-9-17(15)23(18)11-10-21/h6-9,14,16H,4-5,10-13H2,1-3H3. The number of para-hydroxylation sites is 1. The van der Waals surface area contributed by atoms with Gasteiger partial charge in [0.15, 0.2) is 0 Å². The van der Waals surface area contributed by atoms with Crippen LogP contribution < -0.4 is 0 Å². The molecule has 4 heteroatoms.